The molecule has 1 spiro atoms. The third kappa shape index (κ3) is 2.59. The zero-order valence-corrected chi connectivity index (χ0v) is 13.4. The van der Waals surface area contributed by atoms with Gasteiger partial charge in [-0.1, -0.05) is 0 Å². The van der Waals surface area contributed by atoms with E-state index < -0.39 is 0 Å². The third-order valence-corrected chi connectivity index (χ3v) is 5.55. The maximum atomic E-state index is 12.4. The molecule has 0 unspecified atom stereocenters. The molecule has 1 aromatic rings. The van der Waals surface area contributed by atoms with Crippen molar-refractivity contribution >= 4 is 5.91 Å². The summed E-state index contributed by atoms with van der Waals surface area (Å²) in [5.41, 5.74) is 2.67. The minimum absolute atomic E-state index is 0.123. The Morgan fingerprint density at radius 1 is 1.33 bits per heavy atom. The first-order valence-corrected chi connectivity index (χ1v) is 8.01. The van der Waals surface area contributed by atoms with E-state index in [1.807, 2.05) is 17.9 Å². The van der Waals surface area contributed by atoms with Crippen LogP contribution in [0.2, 0.25) is 0 Å². The van der Waals surface area contributed by atoms with Gasteiger partial charge in [-0.15, -0.1) is 0 Å². The van der Waals surface area contributed by atoms with Crippen molar-refractivity contribution < 1.29 is 4.79 Å². The lowest BCUT2D eigenvalue weighted by Gasteiger charge is -2.47. The number of likely N-dealkylation sites (tertiary alicyclic amines) is 1. The van der Waals surface area contributed by atoms with E-state index in [9.17, 15) is 4.79 Å². The lowest BCUT2D eigenvalue weighted by atomic mass is 9.72. The average molecular weight is 290 g/mol. The quantitative estimate of drug-likeness (QED) is 0.903. The van der Waals surface area contributed by atoms with E-state index in [1.165, 1.54) is 18.4 Å². The van der Waals surface area contributed by atoms with E-state index in [-0.39, 0.29) is 6.04 Å². The highest BCUT2D eigenvalue weighted by molar-refractivity contribution is 5.77. The number of nitrogens with one attached hydrogen (secondary N) is 1. The molecule has 5 heteroatoms. The van der Waals surface area contributed by atoms with Crippen molar-refractivity contribution in [1.29, 1.82) is 0 Å². The molecule has 0 aromatic carbocycles. The predicted molar refractivity (Wildman–Crippen MR) is 81.8 cm³/mol. The number of rotatable bonds is 2. The van der Waals surface area contributed by atoms with Gasteiger partial charge in [0, 0.05) is 31.3 Å². The normalized spacial score (nSPS) is 23.6. The molecule has 3 rings (SSSR count). The average Bonchev–Trinajstić information content (AvgIpc) is 2.82. The molecule has 116 valence electrons. The number of amides is 1. The van der Waals surface area contributed by atoms with Crippen molar-refractivity contribution in [3.63, 3.8) is 0 Å². The molecule has 5 nitrogen and oxygen atoms in total. The highest BCUT2D eigenvalue weighted by atomic mass is 16.2. The van der Waals surface area contributed by atoms with Crippen LogP contribution in [-0.4, -0.2) is 40.2 Å². The summed E-state index contributed by atoms with van der Waals surface area (Å²) in [6, 6.07) is 0.123. The van der Waals surface area contributed by atoms with Crippen LogP contribution in [0, 0.1) is 12.3 Å². The topological polar surface area (TPSA) is 50.2 Å². The Morgan fingerprint density at radius 2 is 2.05 bits per heavy atom. The number of aryl methyl sites for hydroxylation is 1. The number of aromatic nitrogens is 2. The largest absolute Gasteiger partial charge is 0.335 e. The summed E-state index contributed by atoms with van der Waals surface area (Å²) in [5.74, 6) is 0.301. The highest BCUT2D eigenvalue weighted by Gasteiger charge is 2.41. The highest BCUT2D eigenvalue weighted by Crippen LogP contribution is 2.41. The summed E-state index contributed by atoms with van der Waals surface area (Å²) in [5, 5.41) is 7.77. The summed E-state index contributed by atoms with van der Waals surface area (Å²) in [4.78, 5) is 14.5. The molecule has 3 heterocycles. The van der Waals surface area contributed by atoms with Crippen LogP contribution >= 0.6 is 0 Å². The van der Waals surface area contributed by atoms with E-state index >= 15 is 0 Å². The lowest BCUT2D eigenvalue weighted by Crippen LogP contribution is -2.51. The van der Waals surface area contributed by atoms with Crippen LogP contribution in [0.3, 0.4) is 0 Å². The molecule has 1 atom stereocenters. The zero-order chi connectivity index (χ0) is 15.0. The lowest BCUT2D eigenvalue weighted by molar-refractivity contribution is -0.141. The van der Waals surface area contributed by atoms with Gasteiger partial charge >= 0.3 is 0 Å². The minimum atomic E-state index is 0.123. The fraction of sp³-hybridized carbons (Fsp3) is 0.750. The van der Waals surface area contributed by atoms with Gasteiger partial charge in [-0.2, -0.15) is 5.10 Å². The zero-order valence-electron chi connectivity index (χ0n) is 13.4. The first kappa shape index (κ1) is 14.6. The molecule has 1 aromatic heterocycles. The van der Waals surface area contributed by atoms with Crippen LogP contribution in [0.4, 0.5) is 0 Å². The molecule has 0 radical (unpaired) electrons. The van der Waals surface area contributed by atoms with Crippen molar-refractivity contribution in [2.45, 2.75) is 45.6 Å². The molecule has 1 amide bonds. The van der Waals surface area contributed by atoms with Gasteiger partial charge in [0.2, 0.25) is 5.91 Å². The summed E-state index contributed by atoms with van der Waals surface area (Å²) in [7, 11) is 1.96. The van der Waals surface area contributed by atoms with Crippen LogP contribution in [0.5, 0.6) is 0 Å². The van der Waals surface area contributed by atoms with Crippen molar-refractivity contribution in [3.8, 4) is 0 Å². The maximum Gasteiger partial charge on any atom is 0.223 e. The number of nitrogens with zero attached hydrogens (tertiary/aromatic N) is 3. The molecule has 2 aliphatic rings. The molecule has 0 aliphatic carbocycles. The predicted octanol–water partition coefficient (Wildman–Crippen LogP) is 1.78. The Morgan fingerprint density at radius 3 is 2.67 bits per heavy atom. The number of carbonyl (C=O) groups excluding carboxylic acids is 1. The summed E-state index contributed by atoms with van der Waals surface area (Å²) in [6.07, 6.45) is 6.05. The van der Waals surface area contributed by atoms with Crippen LogP contribution in [-0.2, 0) is 11.8 Å². The van der Waals surface area contributed by atoms with E-state index in [0.29, 0.717) is 17.7 Å². The first-order valence-electron chi connectivity index (χ1n) is 8.01. The van der Waals surface area contributed by atoms with E-state index in [2.05, 4.69) is 29.2 Å². The Balaban J connectivity index is 1.82. The van der Waals surface area contributed by atoms with Crippen molar-refractivity contribution in [2.24, 2.45) is 12.5 Å². The van der Waals surface area contributed by atoms with E-state index in [0.717, 1.165) is 31.7 Å². The molecule has 2 aliphatic heterocycles. The monoisotopic (exact) mass is 290 g/mol. The maximum absolute atomic E-state index is 12.4. The van der Waals surface area contributed by atoms with Crippen LogP contribution in [0.25, 0.3) is 0 Å². The fourth-order valence-electron chi connectivity index (χ4n) is 3.86. The van der Waals surface area contributed by atoms with Gasteiger partial charge in [-0.05, 0) is 51.6 Å². The van der Waals surface area contributed by atoms with Crippen molar-refractivity contribution in [2.75, 3.05) is 19.6 Å². The first-order chi connectivity index (χ1) is 10.0. The number of hydrogen-bond acceptors (Lipinski definition) is 3. The third-order valence-electron chi connectivity index (χ3n) is 5.55. The molecule has 0 saturated carbocycles. The smallest absolute Gasteiger partial charge is 0.223 e. The minimum Gasteiger partial charge on any atom is -0.335 e. The number of hydrogen-bond donors (Lipinski definition) is 1. The Labute approximate surface area is 126 Å². The van der Waals surface area contributed by atoms with Crippen molar-refractivity contribution in [1.82, 2.24) is 20.0 Å². The molecule has 2 saturated heterocycles. The van der Waals surface area contributed by atoms with E-state index in [1.54, 1.807) is 0 Å². The van der Waals surface area contributed by atoms with Crippen LogP contribution < -0.4 is 5.32 Å². The Hall–Kier alpha value is -1.36. The standard InChI is InChI=1S/C16H26N4O/c1-12-14(10-18-19(12)3)13(2)20-11-16(5-4-15(20)21)6-8-17-9-7-16/h10,13,17H,4-9,11H2,1-3H3/t13-/m1/s1. The number of piperidine rings is 2. The second-order valence-electron chi connectivity index (χ2n) is 6.76. The summed E-state index contributed by atoms with van der Waals surface area (Å²) < 4.78 is 1.89. The SMILES string of the molecule is Cc1c([C@@H](C)N2CC3(CCNCC3)CCC2=O)cnn1C. The molecule has 2 fully saturated rings. The molecule has 0 bridgehead atoms. The van der Waals surface area contributed by atoms with Gasteiger partial charge in [-0.3, -0.25) is 9.48 Å². The fourth-order valence-corrected chi connectivity index (χ4v) is 3.86. The van der Waals surface area contributed by atoms with Gasteiger partial charge < -0.3 is 10.2 Å². The summed E-state index contributed by atoms with van der Waals surface area (Å²) in [6.45, 7) is 7.29. The molecular weight excluding hydrogens is 264 g/mol. The van der Waals surface area contributed by atoms with Gasteiger partial charge in [0.15, 0.2) is 0 Å². The van der Waals surface area contributed by atoms with Gasteiger partial charge in [0.1, 0.15) is 0 Å². The van der Waals surface area contributed by atoms with Crippen LogP contribution in [0.15, 0.2) is 6.20 Å². The molecule has 21 heavy (non-hydrogen) atoms. The van der Waals surface area contributed by atoms with Crippen LogP contribution in [0.1, 0.15) is 49.9 Å². The van der Waals surface area contributed by atoms with Gasteiger partial charge in [0.25, 0.3) is 0 Å². The van der Waals surface area contributed by atoms with Crippen molar-refractivity contribution in [3.05, 3.63) is 17.5 Å². The number of carbonyl (C=O) groups is 1. The second kappa shape index (κ2) is 5.44. The Bertz CT molecular complexity index is 530. The molecular formula is C16H26N4O. The van der Waals surface area contributed by atoms with E-state index in [4.69, 9.17) is 0 Å². The Kier molecular flexibility index (Phi) is 3.78. The second-order valence-corrected chi connectivity index (χ2v) is 6.76. The summed E-state index contributed by atoms with van der Waals surface area (Å²) >= 11 is 0. The molecule has 1 N–H and O–H groups in total. The van der Waals surface area contributed by atoms with Gasteiger partial charge in [0.05, 0.1) is 12.2 Å². The van der Waals surface area contributed by atoms with Gasteiger partial charge in [-0.25, -0.2) is 0 Å².